The van der Waals surface area contributed by atoms with Crippen LogP contribution >= 0.6 is 0 Å². The van der Waals surface area contributed by atoms with Crippen LogP contribution in [0, 0.1) is 27.7 Å². The molecule has 0 saturated carbocycles. The first-order valence-electron chi connectivity index (χ1n) is 9.53. The Kier molecular flexibility index (Phi) is 5.46. The van der Waals surface area contributed by atoms with Crippen LogP contribution in [0.15, 0.2) is 60.7 Å². The van der Waals surface area contributed by atoms with Crippen molar-refractivity contribution in [3.63, 3.8) is 0 Å². The second kappa shape index (κ2) is 7.78. The van der Waals surface area contributed by atoms with Crippen molar-refractivity contribution >= 4 is 17.1 Å². The van der Waals surface area contributed by atoms with E-state index in [1.807, 2.05) is 0 Å². The molecule has 0 radical (unpaired) electrons. The number of aryl methyl sites for hydroxylation is 5. The van der Waals surface area contributed by atoms with Gasteiger partial charge in [0.25, 0.3) is 0 Å². The van der Waals surface area contributed by atoms with Crippen molar-refractivity contribution < 1.29 is 0 Å². The van der Waals surface area contributed by atoms with Gasteiger partial charge >= 0.3 is 0 Å². The van der Waals surface area contributed by atoms with Gasteiger partial charge < -0.3 is 4.90 Å². The Morgan fingerprint density at radius 1 is 0.577 bits per heavy atom. The molecule has 0 N–H and O–H groups in total. The third-order valence-electron chi connectivity index (χ3n) is 5.23. The molecule has 26 heavy (non-hydrogen) atoms. The van der Waals surface area contributed by atoms with E-state index in [0.717, 1.165) is 6.42 Å². The summed E-state index contributed by atoms with van der Waals surface area (Å²) in [6.45, 7) is 10.9. The third kappa shape index (κ3) is 3.83. The summed E-state index contributed by atoms with van der Waals surface area (Å²) in [6, 6.07) is 22.4. The molecule has 134 valence electrons. The molecular weight excluding hydrogens is 314 g/mol. The Morgan fingerprint density at radius 3 is 1.46 bits per heavy atom. The van der Waals surface area contributed by atoms with Gasteiger partial charge in [0, 0.05) is 17.1 Å². The lowest BCUT2D eigenvalue weighted by Gasteiger charge is -2.27. The Hall–Kier alpha value is -2.54. The highest BCUT2D eigenvalue weighted by molar-refractivity contribution is 5.77. The molecule has 3 aromatic carbocycles. The molecule has 1 nitrogen and oxygen atoms in total. The zero-order valence-electron chi connectivity index (χ0n) is 16.6. The molecule has 0 fully saturated rings. The highest BCUT2D eigenvalue weighted by Crippen LogP contribution is 2.36. The molecule has 0 spiro atoms. The summed E-state index contributed by atoms with van der Waals surface area (Å²) in [5.74, 6) is 0. The second-order valence-corrected chi connectivity index (χ2v) is 7.29. The van der Waals surface area contributed by atoms with Gasteiger partial charge in [-0.25, -0.2) is 0 Å². The van der Waals surface area contributed by atoms with E-state index in [0.29, 0.717) is 0 Å². The first-order chi connectivity index (χ1) is 12.5. The van der Waals surface area contributed by atoms with Crippen LogP contribution in [0.5, 0.6) is 0 Å². The summed E-state index contributed by atoms with van der Waals surface area (Å²) in [6.07, 6.45) is 2.31. The van der Waals surface area contributed by atoms with Gasteiger partial charge in [-0.2, -0.15) is 0 Å². The van der Waals surface area contributed by atoms with E-state index >= 15 is 0 Å². The van der Waals surface area contributed by atoms with Crippen molar-refractivity contribution in [2.75, 3.05) is 4.90 Å². The van der Waals surface area contributed by atoms with Gasteiger partial charge in [-0.05, 0) is 98.3 Å². The summed E-state index contributed by atoms with van der Waals surface area (Å²) in [4.78, 5) is 2.36. The monoisotopic (exact) mass is 343 g/mol. The molecule has 0 atom stereocenters. The maximum absolute atomic E-state index is 2.36. The van der Waals surface area contributed by atoms with Crippen LogP contribution < -0.4 is 4.90 Å². The van der Waals surface area contributed by atoms with E-state index in [4.69, 9.17) is 0 Å². The topological polar surface area (TPSA) is 3.24 Å². The van der Waals surface area contributed by atoms with Gasteiger partial charge in [-0.1, -0.05) is 37.6 Å². The lowest BCUT2D eigenvalue weighted by atomic mass is 10.0. The molecule has 0 amide bonds. The molecule has 3 aromatic rings. The van der Waals surface area contributed by atoms with Crippen LogP contribution in [0.4, 0.5) is 17.1 Å². The second-order valence-electron chi connectivity index (χ2n) is 7.29. The van der Waals surface area contributed by atoms with Crippen molar-refractivity contribution in [3.05, 3.63) is 88.5 Å². The smallest absolute Gasteiger partial charge is 0.0464 e. The number of anilines is 3. The molecule has 3 rings (SSSR count). The van der Waals surface area contributed by atoms with Gasteiger partial charge in [0.1, 0.15) is 0 Å². The number of rotatable bonds is 5. The summed E-state index contributed by atoms with van der Waals surface area (Å²) in [5, 5.41) is 0. The summed E-state index contributed by atoms with van der Waals surface area (Å²) in [5.41, 5.74) is 10.3. The molecular formula is C25H29N. The molecule has 0 bridgehead atoms. The largest absolute Gasteiger partial charge is 0.310 e. The van der Waals surface area contributed by atoms with E-state index in [9.17, 15) is 0 Å². The summed E-state index contributed by atoms with van der Waals surface area (Å²) >= 11 is 0. The molecule has 0 aliphatic carbocycles. The van der Waals surface area contributed by atoms with Crippen LogP contribution in [0.25, 0.3) is 0 Å². The van der Waals surface area contributed by atoms with Crippen LogP contribution in [-0.4, -0.2) is 0 Å². The predicted molar refractivity (Wildman–Crippen MR) is 114 cm³/mol. The van der Waals surface area contributed by atoms with Gasteiger partial charge in [-0.3, -0.25) is 0 Å². The number of benzene rings is 3. The van der Waals surface area contributed by atoms with Crippen molar-refractivity contribution in [2.45, 2.75) is 47.5 Å². The van der Waals surface area contributed by atoms with E-state index in [2.05, 4.69) is 100 Å². The van der Waals surface area contributed by atoms with E-state index in [1.54, 1.807) is 0 Å². The van der Waals surface area contributed by atoms with Crippen LogP contribution in [0.1, 0.15) is 41.2 Å². The molecule has 0 aliphatic rings. The Balaban J connectivity index is 2.11. The van der Waals surface area contributed by atoms with Crippen molar-refractivity contribution in [1.82, 2.24) is 0 Å². The quantitative estimate of drug-likeness (QED) is 0.468. The standard InChI is InChI=1S/C25H29N/c1-6-7-22-10-14-23(15-11-22)26(24-12-8-18(2)20(4)16-24)25-13-9-19(3)21(5)17-25/h8-17H,6-7H2,1-5H3. The van der Waals surface area contributed by atoms with Gasteiger partial charge in [0.05, 0.1) is 0 Å². The molecule has 0 aliphatic heterocycles. The minimum absolute atomic E-state index is 1.13. The highest BCUT2D eigenvalue weighted by atomic mass is 15.1. The van der Waals surface area contributed by atoms with E-state index < -0.39 is 0 Å². The average molecular weight is 344 g/mol. The lowest BCUT2D eigenvalue weighted by Crippen LogP contribution is -2.11. The molecule has 0 unspecified atom stereocenters. The van der Waals surface area contributed by atoms with Crippen LogP contribution in [0.3, 0.4) is 0 Å². The number of hydrogen-bond donors (Lipinski definition) is 0. The molecule has 1 heteroatoms. The predicted octanol–water partition coefficient (Wildman–Crippen LogP) is 7.34. The first-order valence-corrected chi connectivity index (χ1v) is 9.53. The summed E-state index contributed by atoms with van der Waals surface area (Å²) < 4.78 is 0. The highest BCUT2D eigenvalue weighted by Gasteiger charge is 2.13. The fourth-order valence-electron chi connectivity index (χ4n) is 3.28. The van der Waals surface area contributed by atoms with Crippen LogP contribution in [0.2, 0.25) is 0 Å². The number of nitrogens with zero attached hydrogens (tertiary/aromatic N) is 1. The SMILES string of the molecule is CCCc1ccc(N(c2ccc(C)c(C)c2)c2ccc(C)c(C)c2)cc1. The van der Waals surface area contributed by atoms with E-state index in [-0.39, 0.29) is 0 Å². The van der Waals surface area contributed by atoms with Gasteiger partial charge in [0.2, 0.25) is 0 Å². The molecule has 0 heterocycles. The molecule has 0 saturated heterocycles. The Bertz CT molecular complexity index is 839. The maximum Gasteiger partial charge on any atom is 0.0464 e. The maximum atomic E-state index is 2.36. The van der Waals surface area contributed by atoms with Crippen LogP contribution in [-0.2, 0) is 6.42 Å². The third-order valence-corrected chi connectivity index (χ3v) is 5.23. The zero-order chi connectivity index (χ0) is 18.7. The normalized spacial score (nSPS) is 10.8. The van der Waals surface area contributed by atoms with Crippen molar-refractivity contribution in [2.24, 2.45) is 0 Å². The minimum atomic E-state index is 1.13. The average Bonchev–Trinajstić information content (AvgIpc) is 2.63. The fraction of sp³-hybridized carbons (Fsp3) is 0.280. The zero-order valence-corrected chi connectivity index (χ0v) is 16.6. The lowest BCUT2D eigenvalue weighted by molar-refractivity contribution is 0.922. The van der Waals surface area contributed by atoms with E-state index in [1.165, 1.54) is 51.3 Å². The van der Waals surface area contributed by atoms with Gasteiger partial charge in [0.15, 0.2) is 0 Å². The Labute approximate surface area is 158 Å². The van der Waals surface area contributed by atoms with Crippen molar-refractivity contribution in [3.8, 4) is 0 Å². The Morgan fingerprint density at radius 2 is 1.04 bits per heavy atom. The number of hydrogen-bond acceptors (Lipinski definition) is 1. The first kappa shape index (κ1) is 18.3. The van der Waals surface area contributed by atoms with Gasteiger partial charge in [-0.15, -0.1) is 0 Å². The summed E-state index contributed by atoms with van der Waals surface area (Å²) in [7, 11) is 0. The molecule has 0 aromatic heterocycles. The minimum Gasteiger partial charge on any atom is -0.310 e. The fourth-order valence-corrected chi connectivity index (χ4v) is 3.28. The van der Waals surface area contributed by atoms with Crippen molar-refractivity contribution in [1.29, 1.82) is 0 Å².